The van der Waals surface area contributed by atoms with Crippen molar-refractivity contribution < 1.29 is 33.2 Å². The zero-order valence-corrected chi connectivity index (χ0v) is 33.1. The van der Waals surface area contributed by atoms with Crippen LogP contribution in [0.1, 0.15) is 69.4 Å². The molecule has 6 rings (SSSR count). The van der Waals surface area contributed by atoms with Crippen molar-refractivity contribution in [2.24, 2.45) is 5.16 Å². The van der Waals surface area contributed by atoms with Crippen molar-refractivity contribution >= 4 is 26.3 Å². The van der Waals surface area contributed by atoms with E-state index in [4.69, 9.17) is 33.8 Å². The van der Waals surface area contributed by atoms with Crippen LogP contribution in [0.5, 0.6) is 11.5 Å². The van der Waals surface area contributed by atoms with E-state index < -0.39 is 38.5 Å². The number of benzene rings is 3. The molecule has 1 fully saturated rings. The molecule has 5 unspecified atom stereocenters. The van der Waals surface area contributed by atoms with Gasteiger partial charge in [-0.15, -0.1) is 0 Å². The number of aliphatic hydroxyl groups excluding tert-OH is 1. The summed E-state index contributed by atoms with van der Waals surface area (Å²) in [5.41, 5.74) is 8.54. The molecule has 5 aromatic rings. The van der Waals surface area contributed by atoms with Crippen LogP contribution in [0.25, 0.3) is 5.65 Å². The Labute approximate surface area is 323 Å². The molecule has 0 amide bonds. The summed E-state index contributed by atoms with van der Waals surface area (Å²) < 4.78 is 41.4. The van der Waals surface area contributed by atoms with Gasteiger partial charge in [0.05, 0.1) is 27.0 Å². The highest BCUT2D eigenvalue weighted by Crippen LogP contribution is 2.52. The van der Waals surface area contributed by atoms with Gasteiger partial charge in [0.25, 0.3) is 0 Å². The fourth-order valence-corrected chi connectivity index (χ4v) is 8.49. The minimum absolute atomic E-state index is 0.0324. The summed E-state index contributed by atoms with van der Waals surface area (Å²) in [6.45, 7) is 10.2. The van der Waals surface area contributed by atoms with E-state index in [1.54, 1.807) is 26.6 Å². The fourth-order valence-electron chi connectivity index (χ4n) is 6.92. The number of aromatic nitrogens is 4. The Hall–Kier alpha value is -4.69. The van der Waals surface area contributed by atoms with Gasteiger partial charge in [0.15, 0.2) is 5.65 Å². The molecule has 0 saturated carbocycles. The van der Waals surface area contributed by atoms with Crippen LogP contribution < -0.4 is 15.2 Å². The van der Waals surface area contributed by atoms with Gasteiger partial charge in [-0.2, -0.15) is 9.61 Å². The molecule has 5 atom stereocenters. The van der Waals surface area contributed by atoms with Gasteiger partial charge in [-0.25, -0.2) is 14.6 Å². The van der Waals surface area contributed by atoms with E-state index in [1.807, 2.05) is 85.8 Å². The molecular formula is C40H50N7O7P. The molecule has 3 heterocycles. The van der Waals surface area contributed by atoms with Gasteiger partial charge in [0, 0.05) is 23.9 Å². The highest BCUT2D eigenvalue weighted by molar-refractivity contribution is 7.44. The zero-order valence-electron chi connectivity index (χ0n) is 32.2. The quantitative estimate of drug-likeness (QED) is 0.0448. The van der Waals surface area contributed by atoms with Gasteiger partial charge >= 0.3 is 8.53 Å². The zero-order chi connectivity index (χ0) is 39.1. The third-order valence-electron chi connectivity index (χ3n) is 9.47. The Balaban J connectivity index is 1.43. The summed E-state index contributed by atoms with van der Waals surface area (Å²) >= 11 is 0. The van der Waals surface area contributed by atoms with Gasteiger partial charge in [-0.05, 0) is 75.1 Å². The Bertz CT molecular complexity index is 1940. The maximum absolute atomic E-state index is 12.3. The fraction of sp³-hybridized carbons (Fsp3) is 0.400. The molecule has 1 aliphatic rings. The van der Waals surface area contributed by atoms with Crippen molar-refractivity contribution in [1.29, 1.82) is 0 Å². The minimum Gasteiger partial charge on any atom is -0.497 e. The van der Waals surface area contributed by atoms with E-state index in [0.29, 0.717) is 29.1 Å². The Kier molecular flexibility index (Phi) is 13.0. The number of fused-ring (bicyclic) bond motifs is 1. The van der Waals surface area contributed by atoms with Crippen molar-refractivity contribution in [2.45, 2.75) is 83.1 Å². The molecular weight excluding hydrogens is 721 g/mol. The second kappa shape index (κ2) is 17.8. The van der Waals surface area contributed by atoms with Crippen LogP contribution in [0, 0.1) is 0 Å². The molecule has 0 radical (unpaired) electrons. The average molecular weight is 772 g/mol. The first-order chi connectivity index (χ1) is 26.6. The predicted octanol–water partition coefficient (Wildman–Crippen LogP) is 6.68. The second-order valence-corrected chi connectivity index (χ2v) is 14.9. The van der Waals surface area contributed by atoms with Crippen LogP contribution >= 0.6 is 8.53 Å². The molecule has 15 heteroatoms. The molecule has 292 valence electrons. The lowest BCUT2D eigenvalue weighted by Crippen LogP contribution is -2.41. The molecule has 1 saturated heterocycles. The van der Waals surface area contributed by atoms with Crippen molar-refractivity contribution in [1.82, 2.24) is 24.3 Å². The molecule has 14 nitrogen and oxygen atoms in total. The molecule has 3 N–H and O–H groups in total. The maximum atomic E-state index is 12.3. The van der Waals surface area contributed by atoms with Crippen molar-refractivity contribution in [3.8, 4) is 11.5 Å². The van der Waals surface area contributed by atoms with Crippen molar-refractivity contribution in [3.63, 3.8) is 0 Å². The lowest BCUT2D eigenvalue weighted by atomic mass is 9.80. The third kappa shape index (κ3) is 8.30. The lowest BCUT2D eigenvalue weighted by Gasteiger charge is -2.37. The number of oxime groups is 1. The largest absolute Gasteiger partial charge is 0.497 e. The number of ether oxygens (including phenoxy) is 4. The van der Waals surface area contributed by atoms with Gasteiger partial charge in [-0.1, -0.05) is 66.7 Å². The summed E-state index contributed by atoms with van der Waals surface area (Å²) in [4.78, 5) is 8.56. The van der Waals surface area contributed by atoms with E-state index in [-0.39, 0.29) is 24.6 Å². The monoisotopic (exact) mass is 771 g/mol. The number of methoxy groups -OCH3 is 2. The molecule has 0 spiro atoms. The normalized spacial score (nSPS) is 19.5. The minimum atomic E-state index is -1.83. The number of anilines is 1. The van der Waals surface area contributed by atoms with Crippen LogP contribution in [0.4, 0.5) is 5.95 Å². The lowest BCUT2D eigenvalue weighted by molar-refractivity contribution is -0.0826. The number of nitrogen functional groups attached to an aromatic ring is 1. The summed E-state index contributed by atoms with van der Waals surface area (Å²) in [6, 6.07) is 25.5. The molecule has 0 aliphatic carbocycles. The number of nitrogens with two attached hydrogens (primary N) is 1. The Morgan fingerprint density at radius 3 is 2.09 bits per heavy atom. The molecule has 1 aliphatic heterocycles. The summed E-state index contributed by atoms with van der Waals surface area (Å²) in [6.07, 6.45) is 1.46. The van der Waals surface area contributed by atoms with Crippen LogP contribution in [0.3, 0.4) is 0 Å². The molecule has 55 heavy (non-hydrogen) atoms. The van der Waals surface area contributed by atoms with Crippen LogP contribution in [0.15, 0.2) is 96.5 Å². The van der Waals surface area contributed by atoms with Gasteiger partial charge in [0.1, 0.15) is 47.8 Å². The number of hydrogen-bond donors (Lipinski definition) is 2. The first-order valence-electron chi connectivity index (χ1n) is 18.3. The number of hydrogen-bond acceptors (Lipinski definition) is 13. The predicted molar refractivity (Wildman–Crippen MR) is 211 cm³/mol. The van der Waals surface area contributed by atoms with Crippen LogP contribution in [-0.2, 0) is 24.2 Å². The van der Waals surface area contributed by atoms with Crippen molar-refractivity contribution in [3.05, 3.63) is 114 Å². The summed E-state index contributed by atoms with van der Waals surface area (Å²) in [7, 11) is 1.44. The molecule has 0 bridgehead atoms. The SMILES string of the molecule is CC/C=N/OP(OC1C(c2cnn3c(N)ncnc23)OC(COC(c2ccccc2)(c2ccc(OC)cc2)c2ccc(OC)cc2)C1O)N(C(C)C)C(C)C. The molecule has 3 aromatic carbocycles. The van der Waals surface area contributed by atoms with Gasteiger partial charge in [0.2, 0.25) is 5.95 Å². The van der Waals surface area contributed by atoms with Gasteiger partial charge < -0.3 is 38.9 Å². The van der Waals surface area contributed by atoms with Crippen LogP contribution in [0.2, 0.25) is 0 Å². The van der Waals surface area contributed by atoms with E-state index in [9.17, 15) is 5.11 Å². The first kappa shape index (κ1) is 40.0. The second-order valence-electron chi connectivity index (χ2n) is 13.6. The highest BCUT2D eigenvalue weighted by atomic mass is 31.2. The number of aliphatic hydroxyl groups is 1. The molecule has 2 aromatic heterocycles. The third-order valence-corrected chi connectivity index (χ3v) is 11.4. The van der Waals surface area contributed by atoms with Crippen molar-refractivity contribution in [2.75, 3.05) is 26.6 Å². The van der Waals surface area contributed by atoms with E-state index in [2.05, 4.69) is 52.6 Å². The smallest absolute Gasteiger partial charge is 0.347 e. The van der Waals surface area contributed by atoms with E-state index >= 15 is 0 Å². The summed E-state index contributed by atoms with van der Waals surface area (Å²) in [5, 5.41) is 21.0. The highest BCUT2D eigenvalue weighted by Gasteiger charge is 2.51. The summed E-state index contributed by atoms with van der Waals surface area (Å²) in [5.74, 6) is 1.56. The standard InChI is InChI=1S/C40H50N7O7P/c1-8-22-45-54-55(47(26(2)3)27(4)5)53-37-35(48)34(52-36(37)33-23-44-46-38(33)42-25-43-39(46)41)24-51-40(28-12-10-9-11-13-28,29-14-18-31(49-6)19-15-29)30-16-20-32(50-7)21-17-30/h9-23,25-27,34-37,48H,8,24H2,1-7H3,(H2,41,42,43)/b45-22+. The van der Waals surface area contributed by atoms with Gasteiger partial charge in [-0.3, -0.25) is 0 Å². The Morgan fingerprint density at radius 1 is 0.927 bits per heavy atom. The Morgan fingerprint density at radius 2 is 1.53 bits per heavy atom. The van der Waals surface area contributed by atoms with Crippen LogP contribution in [-0.4, -0.2) is 86.8 Å². The number of rotatable bonds is 17. The number of nitrogens with zero attached hydrogens (tertiary/aromatic N) is 6. The van der Waals surface area contributed by atoms with E-state index in [1.165, 1.54) is 10.8 Å². The first-order valence-corrected chi connectivity index (χ1v) is 19.5. The average Bonchev–Trinajstić information content (AvgIpc) is 3.76. The maximum Gasteiger partial charge on any atom is 0.347 e. The van der Waals surface area contributed by atoms with E-state index in [0.717, 1.165) is 16.7 Å². The topological polar surface area (TPSA) is 160 Å².